The van der Waals surface area contributed by atoms with Crippen LogP contribution < -0.4 is 10.6 Å². The van der Waals surface area contributed by atoms with E-state index in [9.17, 15) is 19.2 Å². The number of fused-ring (bicyclic) bond motifs is 4. The minimum atomic E-state index is -0.255. The predicted molar refractivity (Wildman–Crippen MR) is 284 cm³/mol. The molecule has 5 N–H and O–H groups in total. The Bertz CT molecular complexity index is 3900. The molecule has 2 fully saturated rings. The van der Waals surface area contributed by atoms with Crippen LogP contribution in [0.3, 0.4) is 0 Å². The Balaban J connectivity index is 0.854. The Morgan fingerprint density at radius 1 is 0.667 bits per heavy atom. The van der Waals surface area contributed by atoms with Gasteiger partial charge in [0.15, 0.2) is 22.9 Å². The van der Waals surface area contributed by atoms with Gasteiger partial charge in [-0.15, -0.1) is 0 Å². The molecule has 75 heavy (non-hydrogen) atoms. The molecule has 0 radical (unpaired) electrons. The number of carbonyl (C=O) groups is 4. The topological polar surface area (TPSA) is 254 Å². The Kier molecular flexibility index (Phi) is 11.9. The number of benzene rings is 2. The SMILES string of the molecule is CC(C)CC(=O)Nc1cncc(-c2cnc3[nH]nc(-c4nc5c(C(=O)N6CCC(n7nc(-c8nc9c(C(=O)N%10CCCC%10)cccc9[nH]8)c8cc(-c9cncc(NC(=O)C(C)C)c9)cnc87)C6)cccc5[nH]4)c3c2)c1. The number of aromatic amines is 3. The maximum atomic E-state index is 14.7. The summed E-state index contributed by atoms with van der Waals surface area (Å²) in [5, 5.41) is 20.1. The van der Waals surface area contributed by atoms with E-state index >= 15 is 0 Å². The van der Waals surface area contributed by atoms with Gasteiger partial charge in [0.1, 0.15) is 22.4 Å². The summed E-state index contributed by atoms with van der Waals surface area (Å²) in [4.78, 5) is 92.6. The molecule has 1 unspecified atom stereocenters. The first-order chi connectivity index (χ1) is 36.4. The van der Waals surface area contributed by atoms with Crippen LogP contribution in [-0.2, 0) is 9.59 Å². The van der Waals surface area contributed by atoms with Gasteiger partial charge in [-0.05, 0) is 73.7 Å². The van der Waals surface area contributed by atoms with E-state index in [1.807, 2.05) is 96.8 Å². The highest BCUT2D eigenvalue weighted by molar-refractivity contribution is 6.07. The summed E-state index contributed by atoms with van der Waals surface area (Å²) in [5.41, 5.74) is 9.81. The number of amides is 4. The molecule has 0 bridgehead atoms. The van der Waals surface area contributed by atoms with E-state index in [2.05, 4.69) is 45.8 Å². The van der Waals surface area contributed by atoms with Crippen molar-refractivity contribution in [3.63, 3.8) is 0 Å². The molecule has 2 aromatic carbocycles. The van der Waals surface area contributed by atoms with Gasteiger partial charge in [0.05, 0.1) is 62.7 Å². The van der Waals surface area contributed by atoms with Crippen molar-refractivity contribution in [2.75, 3.05) is 36.8 Å². The summed E-state index contributed by atoms with van der Waals surface area (Å²) < 4.78 is 1.89. The molecule has 12 rings (SSSR count). The zero-order valence-corrected chi connectivity index (χ0v) is 41.7. The lowest BCUT2D eigenvalue weighted by molar-refractivity contribution is -0.119. The van der Waals surface area contributed by atoms with Crippen molar-refractivity contribution in [2.45, 2.75) is 59.4 Å². The van der Waals surface area contributed by atoms with E-state index in [1.54, 1.807) is 43.2 Å². The van der Waals surface area contributed by atoms with Crippen molar-refractivity contribution in [2.24, 2.45) is 11.8 Å². The van der Waals surface area contributed by atoms with Crippen LogP contribution in [0.2, 0.25) is 0 Å². The molecular weight excluding hydrogens is 949 g/mol. The second kappa shape index (κ2) is 19.0. The number of nitrogens with zero attached hydrogens (tertiary/aromatic N) is 11. The van der Waals surface area contributed by atoms with E-state index in [1.165, 1.54) is 0 Å². The molecule has 2 aliphatic heterocycles. The number of likely N-dealkylation sites (tertiary alicyclic amines) is 2. The number of aromatic nitrogens is 12. The van der Waals surface area contributed by atoms with E-state index < -0.39 is 0 Å². The van der Waals surface area contributed by atoms with Gasteiger partial charge in [0.2, 0.25) is 11.8 Å². The summed E-state index contributed by atoms with van der Waals surface area (Å²) in [7, 11) is 0. The van der Waals surface area contributed by atoms with Crippen molar-refractivity contribution in [3.05, 3.63) is 109 Å². The molecule has 376 valence electrons. The molecule has 2 aliphatic rings. The highest BCUT2D eigenvalue weighted by atomic mass is 16.2. The first-order valence-corrected chi connectivity index (χ1v) is 25.2. The predicted octanol–water partition coefficient (Wildman–Crippen LogP) is 8.82. The normalized spacial score (nSPS) is 14.9. The minimum Gasteiger partial charge on any atom is -0.339 e. The van der Waals surface area contributed by atoms with E-state index in [0.717, 1.165) is 35.1 Å². The summed E-state index contributed by atoms with van der Waals surface area (Å²) in [6.07, 6.45) is 13.1. The van der Waals surface area contributed by atoms with Crippen LogP contribution in [0.4, 0.5) is 11.4 Å². The molecular formula is C55H52N16O4. The number of rotatable bonds is 12. The van der Waals surface area contributed by atoms with Gasteiger partial charge in [-0.1, -0.05) is 39.8 Å². The second-order valence-corrected chi connectivity index (χ2v) is 20.1. The van der Waals surface area contributed by atoms with Crippen molar-refractivity contribution >= 4 is 79.1 Å². The third-order valence-corrected chi connectivity index (χ3v) is 13.9. The highest BCUT2D eigenvalue weighted by Gasteiger charge is 2.33. The fraction of sp³-hybridized carbons (Fsp3) is 0.273. The van der Waals surface area contributed by atoms with Gasteiger partial charge in [-0.3, -0.25) is 34.2 Å². The quantitative estimate of drug-likeness (QED) is 0.0770. The van der Waals surface area contributed by atoms with Gasteiger partial charge in [-0.2, -0.15) is 10.2 Å². The van der Waals surface area contributed by atoms with Crippen molar-refractivity contribution in [1.82, 2.24) is 69.6 Å². The number of imidazole rings is 2. The van der Waals surface area contributed by atoms with Crippen molar-refractivity contribution < 1.29 is 19.2 Å². The molecule has 10 heterocycles. The largest absolute Gasteiger partial charge is 0.339 e. The molecule has 20 heteroatoms. The van der Waals surface area contributed by atoms with Crippen molar-refractivity contribution in [3.8, 4) is 45.3 Å². The number of pyridine rings is 4. The second-order valence-electron chi connectivity index (χ2n) is 20.1. The molecule has 10 aromatic rings. The summed E-state index contributed by atoms with van der Waals surface area (Å²) in [6, 6.07) is 18.5. The van der Waals surface area contributed by atoms with E-state index in [4.69, 9.17) is 20.1 Å². The summed E-state index contributed by atoms with van der Waals surface area (Å²) >= 11 is 0. The van der Waals surface area contributed by atoms with Crippen LogP contribution in [0, 0.1) is 11.8 Å². The summed E-state index contributed by atoms with van der Waals surface area (Å²) in [6.45, 7) is 9.89. The molecule has 0 spiro atoms. The van der Waals surface area contributed by atoms with Crippen LogP contribution in [0.5, 0.6) is 0 Å². The first kappa shape index (κ1) is 46.8. The van der Waals surface area contributed by atoms with Crippen LogP contribution in [0.25, 0.3) is 89.4 Å². The van der Waals surface area contributed by atoms with Gasteiger partial charge in [0.25, 0.3) is 11.8 Å². The van der Waals surface area contributed by atoms with Crippen molar-refractivity contribution in [1.29, 1.82) is 0 Å². The average Bonchev–Trinajstić information content (AvgIpc) is 4.29. The minimum absolute atomic E-state index is 0.0485. The summed E-state index contributed by atoms with van der Waals surface area (Å²) in [5.74, 6) is 0.521. The molecule has 20 nitrogen and oxygen atoms in total. The van der Waals surface area contributed by atoms with Gasteiger partial charge >= 0.3 is 0 Å². The number of nitrogens with one attached hydrogen (secondary N) is 5. The van der Waals surface area contributed by atoms with Gasteiger partial charge < -0.3 is 30.4 Å². The maximum Gasteiger partial charge on any atom is 0.256 e. The highest BCUT2D eigenvalue weighted by Crippen LogP contribution is 2.37. The van der Waals surface area contributed by atoms with E-state index in [0.29, 0.717) is 129 Å². The number of carbonyl (C=O) groups excluding carboxylic acids is 4. The average molecular weight is 1000 g/mol. The zero-order valence-electron chi connectivity index (χ0n) is 41.7. The molecule has 0 aliphatic carbocycles. The lowest BCUT2D eigenvalue weighted by Gasteiger charge is -2.17. The van der Waals surface area contributed by atoms with Gasteiger partial charge in [0, 0.05) is 85.6 Å². The Morgan fingerprint density at radius 3 is 1.92 bits per heavy atom. The smallest absolute Gasteiger partial charge is 0.256 e. The third kappa shape index (κ3) is 8.86. The number of hydrogen-bond acceptors (Lipinski definition) is 12. The van der Waals surface area contributed by atoms with Crippen LogP contribution >= 0.6 is 0 Å². The first-order valence-electron chi connectivity index (χ1n) is 25.2. The zero-order chi connectivity index (χ0) is 51.5. The monoisotopic (exact) mass is 1000 g/mol. The standard InChI is InChI=1S/C55H52N16O4/c1-29(2)17-44(72)60-35-18-31(22-56-26-35)33-20-40-47(66-67-49(40)58-24-33)50-62-42-11-8-10-39(46(42)64-50)55(75)70-16-13-37(28-70)71-52-41(21-34(25-59-52)32-19-36(27-57-23-32)61-53(73)30(3)4)48(68-71)51-63-43-12-7-9-38(45(43)65-51)54(74)69-14-5-6-15-69/h7-12,18-27,29-30,37H,5-6,13-17,28H2,1-4H3,(H,60,72)(H,61,73)(H,62,64)(H,63,65)(H,58,66,67). The third-order valence-electron chi connectivity index (χ3n) is 13.9. The van der Waals surface area contributed by atoms with Crippen LogP contribution in [0.15, 0.2) is 97.8 Å². The maximum absolute atomic E-state index is 14.7. The molecule has 2 saturated heterocycles. The lowest BCUT2D eigenvalue weighted by atomic mass is 10.1. The number of H-pyrrole nitrogens is 3. The fourth-order valence-electron chi connectivity index (χ4n) is 10.1. The molecule has 8 aromatic heterocycles. The lowest BCUT2D eigenvalue weighted by Crippen LogP contribution is -2.29. The van der Waals surface area contributed by atoms with Crippen LogP contribution in [-0.4, -0.2) is 119 Å². The Labute approximate surface area is 428 Å². The molecule has 4 amide bonds. The number of hydrogen-bond donors (Lipinski definition) is 5. The Hall–Kier alpha value is -9.20. The Morgan fingerprint density at radius 2 is 1.27 bits per heavy atom. The molecule has 1 atom stereocenters. The number of anilines is 2. The molecule has 0 saturated carbocycles. The van der Waals surface area contributed by atoms with Gasteiger partial charge in [-0.25, -0.2) is 24.6 Å². The van der Waals surface area contributed by atoms with E-state index in [-0.39, 0.29) is 41.5 Å². The number of para-hydroxylation sites is 2. The fourth-order valence-corrected chi connectivity index (χ4v) is 10.1. The van der Waals surface area contributed by atoms with Crippen LogP contribution in [0.1, 0.15) is 80.1 Å².